The minimum atomic E-state index is -3.98. The lowest BCUT2D eigenvalue weighted by Gasteiger charge is -2.16. The van der Waals surface area contributed by atoms with Crippen molar-refractivity contribution >= 4 is 32.2 Å². The average molecular weight is 357 g/mol. The lowest BCUT2D eigenvalue weighted by molar-refractivity contribution is 0.106. The highest BCUT2D eigenvalue weighted by Crippen LogP contribution is 2.35. The monoisotopic (exact) mass is 357 g/mol. The smallest absolute Gasteiger partial charge is 0.252 e. The molecule has 0 unspecified atom stereocenters. The predicted molar refractivity (Wildman–Crippen MR) is 92.6 cm³/mol. The van der Waals surface area contributed by atoms with E-state index in [2.05, 4.69) is 25.6 Å². The summed E-state index contributed by atoms with van der Waals surface area (Å²) >= 11 is 0. The summed E-state index contributed by atoms with van der Waals surface area (Å²) in [6, 6.07) is 5.93. The summed E-state index contributed by atoms with van der Waals surface area (Å²) in [6.45, 7) is 13.1. The van der Waals surface area contributed by atoms with Crippen molar-refractivity contribution in [2.45, 2.75) is 31.1 Å². The van der Waals surface area contributed by atoms with Gasteiger partial charge in [0.1, 0.15) is 0 Å². The van der Waals surface area contributed by atoms with Gasteiger partial charge in [0.25, 0.3) is 5.69 Å². The maximum Gasteiger partial charge on any atom is 0.252 e. The van der Waals surface area contributed by atoms with Crippen molar-refractivity contribution in [2.75, 3.05) is 5.43 Å². The van der Waals surface area contributed by atoms with Crippen molar-refractivity contribution in [1.29, 1.82) is 0 Å². The minimum Gasteiger partial charge on any atom is -0.292 e. The molecule has 0 radical (unpaired) electrons. The van der Waals surface area contributed by atoms with Crippen molar-refractivity contribution in [1.82, 2.24) is 10.2 Å². The van der Waals surface area contributed by atoms with Crippen LogP contribution in [0.15, 0.2) is 34.3 Å². The molecule has 25 heavy (non-hydrogen) atoms. The maximum absolute atomic E-state index is 12.5. The molecular formula is C16H15N5O3S. The number of hydrazone groups is 1. The second kappa shape index (κ2) is 5.53. The Morgan fingerprint density at radius 3 is 2.56 bits per heavy atom. The van der Waals surface area contributed by atoms with Crippen LogP contribution in [-0.2, 0) is 15.3 Å². The maximum atomic E-state index is 12.5. The first-order chi connectivity index (χ1) is 11.7. The Hall–Kier alpha value is -2.99. The van der Waals surface area contributed by atoms with Crippen molar-refractivity contribution in [3.05, 3.63) is 46.9 Å². The van der Waals surface area contributed by atoms with E-state index >= 15 is 0 Å². The van der Waals surface area contributed by atoms with Crippen LogP contribution >= 0.6 is 0 Å². The van der Waals surface area contributed by atoms with Crippen LogP contribution in [-0.4, -0.2) is 29.4 Å². The Kier molecular flexibility index (Phi) is 3.73. The first-order valence-electron chi connectivity index (χ1n) is 7.36. The highest BCUT2D eigenvalue weighted by molar-refractivity contribution is 8.09. The summed E-state index contributed by atoms with van der Waals surface area (Å²) in [7, 11) is -3.98. The van der Waals surface area contributed by atoms with Crippen LogP contribution in [0.1, 0.15) is 36.8 Å². The van der Waals surface area contributed by atoms with E-state index in [1.165, 1.54) is 12.1 Å². The number of H-pyrrole nitrogens is 1. The molecule has 0 fully saturated rings. The number of benzene rings is 1. The molecule has 2 aromatic rings. The van der Waals surface area contributed by atoms with E-state index in [0.717, 1.165) is 0 Å². The first-order valence-corrected chi connectivity index (χ1v) is 8.85. The van der Waals surface area contributed by atoms with Crippen LogP contribution in [0.3, 0.4) is 0 Å². The van der Waals surface area contributed by atoms with Crippen LogP contribution in [0, 0.1) is 6.57 Å². The molecule has 2 N–H and O–H groups in total. The first kappa shape index (κ1) is 16.9. The van der Waals surface area contributed by atoms with Crippen molar-refractivity contribution in [2.24, 2.45) is 5.10 Å². The number of aromatic amines is 1. The molecule has 0 aliphatic carbocycles. The quantitative estimate of drug-likeness (QED) is 0.634. The van der Waals surface area contributed by atoms with Gasteiger partial charge in [-0.1, -0.05) is 32.9 Å². The van der Waals surface area contributed by atoms with Gasteiger partial charge in [-0.15, -0.1) is 0 Å². The Bertz CT molecular complexity index is 1050. The van der Waals surface area contributed by atoms with Gasteiger partial charge in [0, 0.05) is 11.3 Å². The number of fused-ring (bicyclic) bond motifs is 1. The summed E-state index contributed by atoms with van der Waals surface area (Å²) in [5.41, 5.74) is 2.98. The van der Waals surface area contributed by atoms with Crippen LogP contribution in [0.5, 0.6) is 0 Å². The van der Waals surface area contributed by atoms with E-state index < -0.39 is 20.7 Å². The molecule has 0 saturated carbocycles. The van der Waals surface area contributed by atoms with Gasteiger partial charge >= 0.3 is 0 Å². The fourth-order valence-corrected chi connectivity index (χ4v) is 3.93. The predicted octanol–water partition coefficient (Wildman–Crippen LogP) is 2.65. The molecule has 1 aromatic carbocycles. The largest absolute Gasteiger partial charge is 0.292 e. The highest BCUT2D eigenvalue weighted by atomic mass is 32.2. The number of Topliss-reactive ketones (excluding diaryl/α,β-unsaturated/α-hetero) is 1. The topological polar surface area (TPSA) is 109 Å². The van der Waals surface area contributed by atoms with Gasteiger partial charge in [0.15, 0.2) is 5.82 Å². The van der Waals surface area contributed by atoms with Crippen LogP contribution < -0.4 is 5.43 Å². The third kappa shape index (κ3) is 2.60. The minimum absolute atomic E-state index is 0.0663. The van der Waals surface area contributed by atoms with Gasteiger partial charge in [-0.05, 0) is 17.5 Å². The third-order valence-electron chi connectivity index (χ3n) is 3.74. The fraction of sp³-hybridized carbons (Fsp3) is 0.250. The fourth-order valence-electron chi connectivity index (χ4n) is 2.49. The Balaban J connectivity index is 2.02. The summed E-state index contributed by atoms with van der Waals surface area (Å²) in [5.74, 6) is -0.606. The zero-order valence-electron chi connectivity index (χ0n) is 13.8. The van der Waals surface area contributed by atoms with Crippen molar-refractivity contribution < 1.29 is 13.2 Å². The molecule has 128 valence electrons. The van der Waals surface area contributed by atoms with E-state index in [-0.39, 0.29) is 27.4 Å². The second-order valence-corrected chi connectivity index (χ2v) is 8.35. The summed E-state index contributed by atoms with van der Waals surface area (Å²) in [5, 5.41) is 9.88. The number of hydrogen-bond donors (Lipinski definition) is 2. The van der Waals surface area contributed by atoms with Gasteiger partial charge in [0.2, 0.25) is 20.7 Å². The van der Waals surface area contributed by atoms with E-state index in [4.69, 9.17) is 6.57 Å². The molecule has 1 aliphatic heterocycles. The van der Waals surface area contributed by atoms with Gasteiger partial charge in [-0.3, -0.25) is 15.3 Å². The molecule has 1 aliphatic rings. The number of sulfone groups is 1. The summed E-state index contributed by atoms with van der Waals surface area (Å²) in [4.78, 5) is 15.7. The number of nitrogens with zero attached hydrogens (tertiary/aromatic N) is 3. The molecule has 1 aromatic heterocycles. The summed E-state index contributed by atoms with van der Waals surface area (Å²) in [6.07, 6.45) is 0. The normalized spacial score (nSPS) is 17.4. The SMILES string of the molecule is [C-]#[N+]c1c(NN=C2C(=O)c3ccccc3S2(=O)=O)n[nH]c1C(C)(C)C. The molecule has 2 heterocycles. The van der Waals surface area contributed by atoms with Crippen molar-refractivity contribution in [3.8, 4) is 0 Å². The number of carbonyl (C=O) groups excluding carboxylic acids is 1. The molecule has 0 amide bonds. The Labute approximate surface area is 144 Å². The number of anilines is 1. The van der Waals surface area contributed by atoms with E-state index in [1.807, 2.05) is 20.8 Å². The van der Waals surface area contributed by atoms with Gasteiger partial charge in [-0.2, -0.15) is 10.2 Å². The van der Waals surface area contributed by atoms with Gasteiger partial charge in [0.05, 0.1) is 11.5 Å². The Morgan fingerprint density at radius 2 is 1.96 bits per heavy atom. The molecule has 0 atom stereocenters. The Morgan fingerprint density at radius 1 is 1.28 bits per heavy atom. The van der Waals surface area contributed by atoms with Crippen LogP contribution in [0.4, 0.5) is 11.5 Å². The number of hydrogen-bond acceptors (Lipinski definition) is 6. The van der Waals surface area contributed by atoms with Gasteiger partial charge < -0.3 is 0 Å². The lowest BCUT2D eigenvalue weighted by Crippen LogP contribution is -2.17. The number of aromatic nitrogens is 2. The standard InChI is InChI=1S/C16H15N5O3S/c1-16(2,3)13-11(17-4)14(19-18-13)20-21-15-12(22)9-7-5-6-8-10(9)25(15,23)24/h5-8H,1-3H3,(H2,18,19,20). The third-order valence-corrected chi connectivity index (χ3v) is 5.46. The van der Waals surface area contributed by atoms with Gasteiger partial charge in [-0.25, -0.2) is 13.3 Å². The molecule has 8 nitrogen and oxygen atoms in total. The molecule has 3 rings (SSSR count). The second-order valence-electron chi connectivity index (χ2n) is 6.52. The summed E-state index contributed by atoms with van der Waals surface area (Å²) < 4.78 is 24.9. The zero-order valence-corrected chi connectivity index (χ0v) is 14.6. The molecular weight excluding hydrogens is 342 g/mol. The molecule has 0 bridgehead atoms. The van der Waals surface area contributed by atoms with Crippen LogP contribution in [0.25, 0.3) is 4.85 Å². The number of ketones is 1. The lowest BCUT2D eigenvalue weighted by atomic mass is 9.91. The van der Waals surface area contributed by atoms with Crippen molar-refractivity contribution in [3.63, 3.8) is 0 Å². The average Bonchev–Trinajstić information content (AvgIpc) is 3.04. The van der Waals surface area contributed by atoms with E-state index in [1.54, 1.807) is 12.1 Å². The number of carbonyl (C=O) groups is 1. The number of nitrogens with one attached hydrogen (secondary N) is 2. The number of rotatable bonds is 2. The molecule has 0 spiro atoms. The van der Waals surface area contributed by atoms with Crippen LogP contribution in [0.2, 0.25) is 0 Å². The zero-order chi connectivity index (χ0) is 18.4. The van der Waals surface area contributed by atoms with E-state index in [0.29, 0.717) is 5.69 Å². The van der Waals surface area contributed by atoms with E-state index in [9.17, 15) is 13.2 Å². The molecule has 0 saturated heterocycles. The highest BCUT2D eigenvalue weighted by Gasteiger charge is 2.41. The molecule has 9 heteroatoms.